The first-order valence-corrected chi connectivity index (χ1v) is 6.30. The maximum absolute atomic E-state index is 3.67. The van der Waals surface area contributed by atoms with Gasteiger partial charge in [0, 0.05) is 5.33 Å². The van der Waals surface area contributed by atoms with Crippen LogP contribution in [0.4, 0.5) is 0 Å². The fraction of sp³-hybridized carbons (Fsp3) is 1.00. The van der Waals surface area contributed by atoms with E-state index < -0.39 is 0 Å². The van der Waals surface area contributed by atoms with Crippen LogP contribution in [0.3, 0.4) is 0 Å². The van der Waals surface area contributed by atoms with Gasteiger partial charge in [0.1, 0.15) is 0 Å². The van der Waals surface area contributed by atoms with Gasteiger partial charge in [0.25, 0.3) is 0 Å². The molecule has 0 aliphatic heterocycles. The van der Waals surface area contributed by atoms with Gasteiger partial charge in [-0.15, -0.1) is 0 Å². The van der Waals surface area contributed by atoms with E-state index in [0.717, 1.165) is 11.8 Å². The van der Waals surface area contributed by atoms with Crippen molar-refractivity contribution in [2.75, 3.05) is 5.33 Å². The van der Waals surface area contributed by atoms with Crippen LogP contribution < -0.4 is 0 Å². The van der Waals surface area contributed by atoms with Crippen LogP contribution in [0.5, 0.6) is 0 Å². The van der Waals surface area contributed by atoms with Crippen molar-refractivity contribution in [1.82, 2.24) is 0 Å². The summed E-state index contributed by atoms with van der Waals surface area (Å²) in [6, 6.07) is 0. The summed E-state index contributed by atoms with van der Waals surface area (Å²) in [5, 5.41) is 1.22. The van der Waals surface area contributed by atoms with Crippen molar-refractivity contribution >= 4 is 15.9 Å². The van der Waals surface area contributed by atoms with E-state index in [4.69, 9.17) is 0 Å². The van der Waals surface area contributed by atoms with Gasteiger partial charge in [0.15, 0.2) is 0 Å². The summed E-state index contributed by atoms with van der Waals surface area (Å²) in [6.45, 7) is 7.06. The van der Waals surface area contributed by atoms with E-state index in [1.165, 1.54) is 31.0 Å². The molecule has 0 amide bonds. The second-order valence-electron chi connectivity index (χ2n) is 4.86. The molecule has 0 nitrogen and oxygen atoms in total. The first-order valence-electron chi connectivity index (χ1n) is 5.18. The van der Waals surface area contributed by atoms with Crippen LogP contribution in [0.1, 0.15) is 46.5 Å². The summed E-state index contributed by atoms with van der Waals surface area (Å²) in [5.41, 5.74) is 0.675. The third-order valence-electron chi connectivity index (χ3n) is 3.32. The van der Waals surface area contributed by atoms with Crippen LogP contribution in [-0.2, 0) is 0 Å². The lowest BCUT2D eigenvalue weighted by Gasteiger charge is -2.47. The van der Waals surface area contributed by atoms with Gasteiger partial charge >= 0.3 is 0 Å². The molecule has 0 aromatic carbocycles. The first kappa shape index (κ1) is 10.6. The SMILES string of the molecule is CCC(C)CC1(CBr)CC(C)C1. The minimum absolute atomic E-state index is 0.675. The number of halogens is 1. The Morgan fingerprint density at radius 3 is 2.42 bits per heavy atom. The predicted octanol–water partition coefficient (Wildman–Crippen LogP) is 4.23. The topological polar surface area (TPSA) is 0 Å². The highest BCUT2D eigenvalue weighted by Crippen LogP contribution is 2.50. The Morgan fingerprint density at radius 1 is 1.50 bits per heavy atom. The van der Waals surface area contributed by atoms with Crippen LogP contribution in [-0.4, -0.2) is 5.33 Å². The molecule has 0 aromatic rings. The van der Waals surface area contributed by atoms with Crippen molar-refractivity contribution in [2.24, 2.45) is 17.3 Å². The zero-order valence-corrected chi connectivity index (χ0v) is 10.2. The highest BCUT2D eigenvalue weighted by Gasteiger charge is 2.41. The summed E-state index contributed by atoms with van der Waals surface area (Å²) < 4.78 is 0. The van der Waals surface area contributed by atoms with Crippen molar-refractivity contribution in [3.05, 3.63) is 0 Å². The standard InChI is InChI=1S/C11H21Br/c1-4-9(2)5-11(8-12)6-10(3)7-11/h9-10H,4-8H2,1-3H3. The lowest BCUT2D eigenvalue weighted by atomic mass is 9.60. The summed E-state index contributed by atoms with van der Waals surface area (Å²) in [6.07, 6.45) is 5.66. The summed E-state index contributed by atoms with van der Waals surface area (Å²) in [7, 11) is 0. The van der Waals surface area contributed by atoms with Gasteiger partial charge in [0.2, 0.25) is 0 Å². The number of hydrogen-bond acceptors (Lipinski definition) is 0. The van der Waals surface area contributed by atoms with E-state index in [-0.39, 0.29) is 0 Å². The summed E-state index contributed by atoms with van der Waals surface area (Å²) >= 11 is 3.67. The molecular weight excluding hydrogens is 212 g/mol. The predicted molar refractivity (Wildman–Crippen MR) is 58.7 cm³/mol. The summed E-state index contributed by atoms with van der Waals surface area (Å²) in [5.74, 6) is 1.89. The van der Waals surface area contributed by atoms with Gasteiger partial charge in [-0.05, 0) is 36.5 Å². The van der Waals surface area contributed by atoms with Gasteiger partial charge in [-0.2, -0.15) is 0 Å². The van der Waals surface area contributed by atoms with Gasteiger partial charge in [-0.25, -0.2) is 0 Å². The van der Waals surface area contributed by atoms with Gasteiger partial charge in [-0.3, -0.25) is 0 Å². The third kappa shape index (κ3) is 2.25. The van der Waals surface area contributed by atoms with Crippen LogP contribution in [0, 0.1) is 17.3 Å². The van der Waals surface area contributed by atoms with Gasteiger partial charge < -0.3 is 0 Å². The lowest BCUT2D eigenvalue weighted by molar-refractivity contribution is 0.0660. The van der Waals surface area contributed by atoms with Gasteiger partial charge in [0.05, 0.1) is 0 Å². The second kappa shape index (κ2) is 4.13. The van der Waals surface area contributed by atoms with E-state index in [2.05, 4.69) is 36.7 Å². The number of rotatable bonds is 4. The first-order chi connectivity index (χ1) is 5.62. The molecule has 1 saturated carbocycles. The van der Waals surface area contributed by atoms with E-state index in [1.54, 1.807) is 0 Å². The van der Waals surface area contributed by atoms with E-state index in [9.17, 15) is 0 Å². The highest BCUT2D eigenvalue weighted by atomic mass is 79.9. The zero-order valence-electron chi connectivity index (χ0n) is 8.57. The molecular formula is C11H21Br. The van der Waals surface area contributed by atoms with E-state index >= 15 is 0 Å². The largest absolute Gasteiger partial charge is 0.0922 e. The zero-order chi connectivity index (χ0) is 9.19. The smallest absolute Gasteiger partial charge is 0.00882 e. The van der Waals surface area contributed by atoms with Crippen molar-refractivity contribution in [3.63, 3.8) is 0 Å². The Balaban J connectivity index is 2.36. The average molecular weight is 233 g/mol. The molecule has 0 bridgehead atoms. The molecule has 1 aliphatic carbocycles. The van der Waals surface area contributed by atoms with Crippen LogP contribution in [0.15, 0.2) is 0 Å². The molecule has 1 atom stereocenters. The number of hydrogen-bond donors (Lipinski definition) is 0. The molecule has 1 unspecified atom stereocenters. The maximum Gasteiger partial charge on any atom is 0.00882 e. The van der Waals surface area contributed by atoms with Crippen molar-refractivity contribution < 1.29 is 0 Å². The Hall–Kier alpha value is 0.480. The molecule has 0 aromatic heterocycles. The molecule has 0 N–H and O–H groups in total. The minimum Gasteiger partial charge on any atom is -0.0922 e. The average Bonchev–Trinajstić information content (AvgIpc) is 2.01. The normalized spacial score (nSPS) is 37.5. The molecule has 1 aliphatic rings. The Kier molecular flexibility index (Phi) is 3.63. The fourth-order valence-electron chi connectivity index (χ4n) is 2.63. The maximum atomic E-state index is 3.67. The van der Waals surface area contributed by atoms with Crippen molar-refractivity contribution in [1.29, 1.82) is 0 Å². The quantitative estimate of drug-likeness (QED) is 0.637. The molecule has 72 valence electrons. The van der Waals surface area contributed by atoms with Gasteiger partial charge in [-0.1, -0.05) is 43.1 Å². The number of alkyl halides is 1. The van der Waals surface area contributed by atoms with E-state index in [1.807, 2.05) is 0 Å². The monoisotopic (exact) mass is 232 g/mol. The minimum atomic E-state index is 0.675. The molecule has 12 heavy (non-hydrogen) atoms. The van der Waals surface area contributed by atoms with Crippen LogP contribution in [0.25, 0.3) is 0 Å². The Bertz CT molecular complexity index is 136. The molecule has 1 heteroatoms. The molecule has 0 spiro atoms. The fourth-order valence-corrected chi connectivity index (χ4v) is 3.32. The highest BCUT2D eigenvalue weighted by molar-refractivity contribution is 9.09. The van der Waals surface area contributed by atoms with Crippen molar-refractivity contribution in [3.8, 4) is 0 Å². The van der Waals surface area contributed by atoms with Crippen LogP contribution >= 0.6 is 15.9 Å². The third-order valence-corrected chi connectivity index (χ3v) is 4.51. The Labute approximate surface area is 85.3 Å². The lowest BCUT2D eigenvalue weighted by Crippen LogP contribution is -2.38. The molecule has 0 radical (unpaired) electrons. The second-order valence-corrected chi connectivity index (χ2v) is 5.43. The molecule has 0 saturated heterocycles. The molecule has 1 rings (SSSR count). The van der Waals surface area contributed by atoms with E-state index in [0.29, 0.717) is 5.41 Å². The molecule has 1 fully saturated rings. The summed E-state index contributed by atoms with van der Waals surface area (Å²) in [4.78, 5) is 0. The van der Waals surface area contributed by atoms with Crippen LogP contribution in [0.2, 0.25) is 0 Å². The Morgan fingerprint density at radius 2 is 2.08 bits per heavy atom. The van der Waals surface area contributed by atoms with Crippen molar-refractivity contribution in [2.45, 2.75) is 46.5 Å². The molecule has 0 heterocycles.